The Morgan fingerprint density at radius 2 is 2.13 bits per heavy atom. The van der Waals surface area contributed by atoms with Crippen LogP contribution in [0.3, 0.4) is 0 Å². The quantitative estimate of drug-likeness (QED) is 0.742. The minimum atomic E-state index is -0.0269. The third-order valence-corrected chi connectivity index (χ3v) is 3.44. The van der Waals surface area contributed by atoms with E-state index in [1.165, 1.54) is 6.42 Å². The van der Waals surface area contributed by atoms with Gasteiger partial charge in [-0.3, -0.25) is 4.79 Å². The van der Waals surface area contributed by atoms with E-state index in [2.05, 4.69) is 12.2 Å². The molecule has 0 aromatic rings. The van der Waals surface area contributed by atoms with Crippen LogP contribution in [-0.4, -0.2) is 18.5 Å². The van der Waals surface area contributed by atoms with Gasteiger partial charge in [-0.2, -0.15) is 0 Å². The van der Waals surface area contributed by atoms with Crippen molar-refractivity contribution in [3.8, 4) is 0 Å². The molecule has 3 unspecified atom stereocenters. The summed E-state index contributed by atoms with van der Waals surface area (Å²) in [4.78, 5) is 11.9. The van der Waals surface area contributed by atoms with Crippen molar-refractivity contribution in [3.05, 3.63) is 0 Å². The van der Waals surface area contributed by atoms with Gasteiger partial charge in [0.25, 0.3) is 0 Å². The van der Waals surface area contributed by atoms with Gasteiger partial charge in [-0.25, -0.2) is 0 Å². The van der Waals surface area contributed by atoms with Crippen LogP contribution >= 0.6 is 0 Å². The Labute approximate surface area is 92.8 Å². The molecule has 3 atom stereocenters. The van der Waals surface area contributed by atoms with Gasteiger partial charge in [0.2, 0.25) is 5.91 Å². The molecule has 0 aromatic carbocycles. The predicted molar refractivity (Wildman–Crippen MR) is 62.3 cm³/mol. The minimum absolute atomic E-state index is 0.0269. The second-order valence-corrected chi connectivity index (χ2v) is 5.21. The molecule has 0 aliphatic heterocycles. The third kappa shape index (κ3) is 3.49. The molecule has 3 nitrogen and oxygen atoms in total. The highest BCUT2D eigenvalue weighted by molar-refractivity contribution is 5.79. The topological polar surface area (TPSA) is 55.1 Å². The van der Waals surface area contributed by atoms with Crippen LogP contribution in [0.5, 0.6) is 0 Å². The number of carbonyl (C=O) groups excluding carboxylic acids is 1. The standard InChI is InChI=1S/C12H24N2O/c1-8(2)11(7-13)12(15)14-10-5-4-9(3)6-10/h8-11H,4-7,13H2,1-3H3,(H,14,15). The lowest BCUT2D eigenvalue weighted by molar-refractivity contribution is -0.126. The molecule has 3 heteroatoms. The fourth-order valence-electron chi connectivity index (χ4n) is 2.33. The predicted octanol–water partition coefficient (Wildman–Crippen LogP) is 1.52. The van der Waals surface area contributed by atoms with E-state index in [1.54, 1.807) is 0 Å². The zero-order valence-electron chi connectivity index (χ0n) is 10.1. The number of nitrogens with one attached hydrogen (secondary N) is 1. The van der Waals surface area contributed by atoms with Crippen molar-refractivity contribution in [2.75, 3.05) is 6.54 Å². The summed E-state index contributed by atoms with van der Waals surface area (Å²) in [6.07, 6.45) is 3.49. The average Bonchev–Trinajstić information content (AvgIpc) is 2.51. The molecule has 3 N–H and O–H groups in total. The second-order valence-electron chi connectivity index (χ2n) is 5.21. The van der Waals surface area contributed by atoms with Gasteiger partial charge in [-0.05, 0) is 31.1 Å². The van der Waals surface area contributed by atoms with Crippen LogP contribution in [0, 0.1) is 17.8 Å². The lowest BCUT2D eigenvalue weighted by Gasteiger charge is -2.21. The van der Waals surface area contributed by atoms with E-state index >= 15 is 0 Å². The third-order valence-electron chi connectivity index (χ3n) is 3.44. The van der Waals surface area contributed by atoms with Crippen molar-refractivity contribution in [3.63, 3.8) is 0 Å². The smallest absolute Gasteiger partial charge is 0.224 e. The largest absolute Gasteiger partial charge is 0.353 e. The van der Waals surface area contributed by atoms with Gasteiger partial charge in [0.15, 0.2) is 0 Å². The molecule has 0 heterocycles. The van der Waals surface area contributed by atoms with Crippen LogP contribution in [0.2, 0.25) is 0 Å². The fraction of sp³-hybridized carbons (Fsp3) is 0.917. The molecule has 1 rings (SSSR count). The maximum absolute atomic E-state index is 11.9. The van der Waals surface area contributed by atoms with Gasteiger partial charge < -0.3 is 11.1 Å². The highest BCUT2D eigenvalue weighted by Gasteiger charge is 2.26. The first-order valence-corrected chi connectivity index (χ1v) is 6.05. The van der Waals surface area contributed by atoms with Crippen molar-refractivity contribution in [2.45, 2.75) is 46.1 Å². The molecular formula is C12H24N2O. The number of carbonyl (C=O) groups is 1. The summed E-state index contributed by atoms with van der Waals surface area (Å²) in [7, 11) is 0. The average molecular weight is 212 g/mol. The molecule has 15 heavy (non-hydrogen) atoms. The highest BCUT2D eigenvalue weighted by Crippen LogP contribution is 2.25. The number of amides is 1. The van der Waals surface area contributed by atoms with Crippen LogP contribution in [0.4, 0.5) is 0 Å². The summed E-state index contributed by atoms with van der Waals surface area (Å²) in [5, 5.41) is 3.12. The Bertz CT molecular complexity index is 216. The zero-order valence-corrected chi connectivity index (χ0v) is 10.1. The summed E-state index contributed by atoms with van der Waals surface area (Å²) in [5.41, 5.74) is 5.62. The Morgan fingerprint density at radius 3 is 2.53 bits per heavy atom. The van der Waals surface area contributed by atoms with Gasteiger partial charge in [0.1, 0.15) is 0 Å². The monoisotopic (exact) mass is 212 g/mol. The Hall–Kier alpha value is -0.570. The van der Waals surface area contributed by atoms with Crippen LogP contribution in [0.15, 0.2) is 0 Å². The van der Waals surface area contributed by atoms with Gasteiger partial charge in [-0.1, -0.05) is 20.8 Å². The van der Waals surface area contributed by atoms with E-state index in [0.717, 1.165) is 18.8 Å². The summed E-state index contributed by atoms with van der Waals surface area (Å²) >= 11 is 0. The Kier molecular flexibility index (Phi) is 4.58. The first-order valence-electron chi connectivity index (χ1n) is 6.05. The van der Waals surface area contributed by atoms with E-state index in [-0.39, 0.29) is 11.8 Å². The van der Waals surface area contributed by atoms with Crippen LogP contribution in [0.1, 0.15) is 40.0 Å². The SMILES string of the molecule is CC1CCC(NC(=O)C(CN)C(C)C)C1. The van der Waals surface area contributed by atoms with Gasteiger partial charge in [-0.15, -0.1) is 0 Å². The summed E-state index contributed by atoms with van der Waals surface area (Å²) in [6.45, 7) is 6.80. The fourth-order valence-corrected chi connectivity index (χ4v) is 2.33. The van der Waals surface area contributed by atoms with Gasteiger partial charge in [0, 0.05) is 12.6 Å². The van der Waals surface area contributed by atoms with Gasteiger partial charge in [0.05, 0.1) is 5.92 Å². The molecule has 0 bridgehead atoms. The van der Waals surface area contributed by atoms with E-state index in [9.17, 15) is 4.79 Å². The molecule has 1 amide bonds. The van der Waals surface area contributed by atoms with Crippen molar-refractivity contribution in [1.29, 1.82) is 0 Å². The van der Waals surface area contributed by atoms with Crippen LogP contribution in [0.25, 0.3) is 0 Å². The second kappa shape index (κ2) is 5.50. The van der Waals surface area contributed by atoms with Crippen molar-refractivity contribution in [1.82, 2.24) is 5.32 Å². The molecule has 1 aliphatic rings. The van der Waals surface area contributed by atoms with Crippen molar-refractivity contribution >= 4 is 5.91 Å². The number of rotatable bonds is 4. The number of nitrogens with two attached hydrogens (primary N) is 1. The molecule has 88 valence electrons. The first kappa shape index (κ1) is 12.5. The molecule has 0 radical (unpaired) electrons. The highest BCUT2D eigenvalue weighted by atomic mass is 16.2. The van der Waals surface area contributed by atoms with Crippen LogP contribution < -0.4 is 11.1 Å². The summed E-state index contributed by atoms with van der Waals surface area (Å²) in [5.74, 6) is 1.20. The van der Waals surface area contributed by atoms with E-state index in [4.69, 9.17) is 5.73 Å². The maximum Gasteiger partial charge on any atom is 0.224 e. The molecule has 1 saturated carbocycles. The van der Waals surface area contributed by atoms with Crippen LogP contribution in [-0.2, 0) is 4.79 Å². The van der Waals surface area contributed by atoms with Gasteiger partial charge >= 0.3 is 0 Å². The van der Waals surface area contributed by atoms with Crippen molar-refractivity contribution < 1.29 is 4.79 Å². The molecule has 0 spiro atoms. The summed E-state index contributed by atoms with van der Waals surface area (Å²) < 4.78 is 0. The molecule has 1 fully saturated rings. The first-order chi connectivity index (χ1) is 7.04. The Morgan fingerprint density at radius 1 is 1.47 bits per heavy atom. The molecule has 0 saturated heterocycles. The van der Waals surface area contributed by atoms with E-state index in [0.29, 0.717) is 18.5 Å². The molecule has 1 aliphatic carbocycles. The lowest BCUT2D eigenvalue weighted by atomic mass is 9.95. The summed E-state index contributed by atoms with van der Waals surface area (Å²) in [6, 6.07) is 0.389. The molecule has 0 aromatic heterocycles. The zero-order chi connectivity index (χ0) is 11.4. The van der Waals surface area contributed by atoms with E-state index in [1.807, 2.05) is 13.8 Å². The molecular weight excluding hydrogens is 188 g/mol. The maximum atomic E-state index is 11.9. The minimum Gasteiger partial charge on any atom is -0.353 e. The normalized spacial score (nSPS) is 28.1. The Balaban J connectivity index is 2.40. The van der Waals surface area contributed by atoms with Crippen molar-refractivity contribution in [2.24, 2.45) is 23.5 Å². The van der Waals surface area contributed by atoms with E-state index < -0.39 is 0 Å². The number of hydrogen-bond donors (Lipinski definition) is 2. The number of hydrogen-bond acceptors (Lipinski definition) is 2. The lowest BCUT2D eigenvalue weighted by Crippen LogP contribution is -2.42.